The first-order valence-electron chi connectivity index (χ1n) is 5.51. The van der Waals surface area contributed by atoms with Crippen molar-refractivity contribution in [3.8, 4) is 0 Å². The van der Waals surface area contributed by atoms with Crippen molar-refractivity contribution in [3.05, 3.63) is 36.2 Å². The molecule has 2 rings (SSSR count). The fraction of sp³-hybridized carbons (Fsp3) is 0.250. The van der Waals surface area contributed by atoms with Crippen molar-refractivity contribution in [1.29, 1.82) is 0 Å². The fourth-order valence-electron chi connectivity index (χ4n) is 1.64. The molecule has 0 atom stereocenters. The maximum absolute atomic E-state index is 5.73. The summed E-state index contributed by atoms with van der Waals surface area (Å²) in [7, 11) is 1.91. The second-order valence-electron chi connectivity index (χ2n) is 4.04. The van der Waals surface area contributed by atoms with Crippen molar-refractivity contribution < 1.29 is 0 Å². The van der Waals surface area contributed by atoms with Crippen LogP contribution in [0, 0.1) is 0 Å². The van der Waals surface area contributed by atoms with Crippen molar-refractivity contribution in [2.75, 3.05) is 23.3 Å². The summed E-state index contributed by atoms with van der Waals surface area (Å²) in [5.74, 6) is 0. The lowest BCUT2D eigenvalue weighted by molar-refractivity contribution is 0.767. The van der Waals surface area contributed by atoms with Gasteiger partial charge in [0.05, 0.1) is 17.6 Å². The summed E-state index contributed by atoms with van der Waals surface area (Å²) in [6.45, 7) is 0.842. The van der Waals surface area contributed by atoms with E-state index in [0.717, 1.165) is 18.7 Å². The van der Waals surface area contributed by atoms with Crippen LogP contribution in [0.4, 0.5) is 17.1 Å². The van der Waals surface area contributed by atoms with Gasteiger partial charge in [0.25, 0.3) is 0 Å². The molecule has 0 aliphatic heterocycles. The molecule has 0 unspecified atom stereocenters. The lowest BCUT2D eigenvalue weighted by atomic mass is 10.2. The second kappa shape index (κ2) is 4.78. The van der Waals surface area contributed by atoms with Crippen LogP contribution in [0.5, 0.6) is 0 Å². The number of nitrogen functional groups attached to an aromatic ring is 2. The SMILES string of the molecule is Cn1cc(CCNc2ccc(N)c(N)c2)cn1. The van der Waals surface area contributed by atoms with Gasteiger partial charge in [0, 0.05) is 25.5 Å². The Morgan fingerprint density at radius 1 is 1.29 bits per heavy atom. The van der Waals surface area contributed by atoms with E-state index in [-0.39, 0.29) is 0 Å². The third-order valence-corrected chi connectivity index (χ3v) is 2.59. The van der Waals surface area contributed by atoms with Gasteiger partial charge in [-0.1, -0.05) is 0 Å². The Labute approximate surface area is 100 Å². The molecule has 0 saturated heterocycles. The van der Waals surface area contributed by atoms with E-state index in [4.69, 9.17) is 11.5 Å². The summed E-state index contributed by atoms with van der Waals surface area (Å²) in [6.07, 6.45) is 4.82. The highest BCUT2D eigenvalue weighted by atomic mass is 15.2. The van der Waals surface area contributed by atoms with E-state index in [1.165, 1.54) is 5.56 Å². The van der Waals surface area contributed by atoms with Crippen molar-refractivity contribution >= 4 is 17.1 Å². The molecular weight excluding hydrogens is 214 g/mol. The lowest BCUT2D eigenvalue weighted by Gasteiger charge is -2.07. The van der Waals surface area contributed by atoms with Gasteiger partial charge in [0.15, 0.2) is 0 Å². The molecule has 1 aromatic heterocycles. The number of aryl methyl sites for hydroxylation is 1. The predicted molar refractivity (Wildman–Crippen MR) is 70.7 cm³/mol. The van der Waals surface area contributed by atoms with Crippen LogP contribution in [-0.2, 0) is 13.5 Å². The number of benzene rings is 1. The quantitative estimate of drug-likeness (QED) is 0.691. The first-order chi connectivity index (χ1) is 8.15. The maximum atomic E-state index is 5.73. The maximum Gasteiger partial charge on any atom is 0.0568 e. The molecule has 1 heterocycles. The smallest absolute Gasteiger partial charge is 0.0568 e. The number of anilines is 3. The lowest BCUT2D eigenvalue weighted by Crippen LogP contribution is -2.05. The number of nitrogens with two attached hydrogens (primary N) is 2. The number of nitrogens with zero attached hydrogens (tertiary/aromatic N) is 2. The van der Waals surface area contributed by atoms with Crippen LogP contribution in [-0.4, -0.2) is 16.3 Å². The molecule has 0 bridgehead atoms. The zero-order valence-electron chi connectivity index (χ0n) is 9.85. The Hall–Kier alpha value is -2.17. The second-order valence-corrected chi connectivity index (χ2v) is 4.04. The highest BCUT2D eigenvalue weighted by molar-refractivity contribution is 5.69. The highest BCUT2D eigenvalue weighted by Gasteiger charge is 1.98. The van der Waals surface area contributed by atoms with E-state index >= 15 is 0 Å². The van der Waals surface area contributed by atoms with Crippen LogP contribution in [0.1, 0.15) is 5.56 Å². The Morgan fingerprint density at radius 3 is 2.76 bits per heavy atom. The molecule has 0 aliphatic carbocycles. The van der Waals surface area contributed by atoms with Crippen LogP contribution in [0.3, 0.4) is 0 Å². The minimum absolute atomic E-state index is 0.608. The van der Waals surface area contributed by atoms with E-state index < -0.39 is 0 Å². The van der Waals surface area contributed by atoms with Crippen LogP contribution in [0.15, 0.2) is 30.6 Å². The van der Waals surface area contributed by atoms with E-state index in [1.807, 2.05) is 37.6 Å². The zero-order valence-corrected chi connectivity index (χ0v) is 9.85. The number of nitrogens with one attached hydrogen (secondary N) is 1. The fourth-order valence-corrected chi connectivity index (χ4v) is 1.64. The molecule has 0 amide bonds. The van der Waals surface area contributed by atoms with Gasteiger partial charge >= 0.3 is 0 Å². The zero-order chi connectivity index (χ0) is 12.3. The Bertz CT molecular complexity index is 503. The monoisotopic (exact) mass is 231 g/mol. The van der Waals surface area contributed by atoms with Gasteiger partial charge in [-0.05, 0) is 30.2 Å². The van der Waals surface area contributed by atoms with Crippen LogP contribution in [0.25, 0.3) is 0 Å². The van der Waals surface area contributed by atoms with E-state index in [0.29, 0.717) is 11.4 Å². The molecular formula is C12H17N5. The van der Waals surface area contributed by atoms with E-state index in [9.17, 15) is 0 Å². The third kappa shape index (κ3) is 2.90. The minimum Gasteiger partial charge on any atom is -0.397 e. The molecule has 0 spiro atoms. The Morgan fingerprint density at radius 2 is 2.12 bits per heavy atom. The molecule has 90 valence electrons. The largest absolute Gasteiger partial charge is 0.397 e. The number of aromatic nitrogens is 2. The van der Waals surface area contributed by atoms with Gasteiger partial charge in [-0.3, -0.25) is 4.68 Å². The minimum atomic E-state index is 0.608. The molecule has 0 saturated carbocycles. The first kappa shape index (κ1) is 11.3. The summed E-state index contributed by atoms with van der Waals surface area (Å²) in [5, 5.41) is 7.42. The van der Waals surface area contributed by atoms with E-state index in [1.54, 1.807) is 4.68 Å². The standard InChI is InChI=1S/C12H17N5/c1-17-8-9(7-16-17)4-5-15-10-2-3-11(13)12(14)6-10/h2-3,6-8,15H,4-5,13-14H2,1H3. The number of hydrogen-bond acceptors (Lipinski definition) is 4. The van der Waals surface area contributed by atoms with Crippen molar-refractivity contribution in [3.63, 3.8) is 0 Å². The van der Waals surface area contributed by atoms with E-state index in [2.05, 4.69) is 10.4 Å². The third-order valence-electron chi connectivity index (χ3n) is 2.59. The van der Waals surface area contributed by atoms with Crippen LogP contribution >= 0.6 is 0 Å². The predicted octanol–water partition coefficient (Wildman–Crippen LogP) is 1.24. The summed E-state index contributed by atoms with van der Waals surface area (Å²) in [6, 6.07) is 5.58. The van der Waals surface area contributed by atoms with Crippen LogP contribution < -0.4 is 16.8 Å². The summed E-state index contributed by atoms with van der Waals surface area (Å²) >= 11 is 0. The molecule has 5 heteroatoms. The van der Waals surface area contributed by atoms with Crippen molar-refractivity contribution in [1.82, 2.24) is 9.78 Å². The Balaban J connectivity index is 1.87. The van der Waals surface area contributed by atoms with Gasteiger partial charge in [-0.2, -0.15) is 5.10 Å². The molecule has 0 fully saturated rings. The summed E-state index contributed by atoms with van der Waals surface area (Å²) in [4.78, 5) is 0. The number of hydrogen-bond donors (Lipinski definition) is 3. The molecule has 0 radical (unpaired) electrons. The average Bonchev–Trinajstić information content (AvgIpc) is 2.70. The van der Waals surface area contributed by atoms with Gasteiger partial charge in [0.1, 0.15) is 0 Å². The highest BCUT2D eigenvalue weighted by Crippen LogP contribution is 2.19. The molecule has 5 N–H and O–H groups in total. The average molecular weight is 231 g/mol. The van der Waals surface area contributed by atoms with Gasteiger partial charge in [0.2, 0.25) is 0 Å². The van der Waals surface area contributed by atoms with Crippen molar-refractivity contribution in [2.45, 2.75) is 6.42 Å². The van der Waals surface area contributed by atoms with Crippen molar-refractivity contribution in [2.24, 2.45) is 7.05 Å². The van der Waals surface area contributed by atoms with Crippen LogP contribution in [0.2, 0.25) is 0 Å². The Kier molecular flexibility index (Phi) is 3.18. The first-order valence-corrected chi connectivity index (χ1v) is 5.51. The number of rotatable bonds is 4. The molecule has 17 heavy (non-hydrogen) atoms. The molecule has 5 nitrogen and oxygen atoms in total. The molecule has 0 aliphatic rings. The summed E-state index contributed by atoms with van der Waals surface area (Å²) < 4.78 is 1.80. The van der Waals surface area contributed by atoms with Gasteiger partial charge < -0.3 is 16.8 Å². The van der Waals surface area contributed by atoms with Gasteiger partial charge in [-0.15, -0.1) is 0 Å². The summed E-state index contributed by atoms with van der Waals surface area (Å²) in [5.41, 5.74) is 14.8. The van der Waals surface area contributed by atoms with Gasteiger partial charge in [-0.25, -0.2) is 0 Å². The topological polar surface area (TPSA) is 81.9 Å². The molecule has 2 aromatic rings. The molecule has 1 aromatic carbocycles. The normalized spacial score (nSPS) is 10.4.